The fourth-order valence-corrected chi connectivity index (χ4v) is 3.06. The molecule has 1 unspecified atom stereocenters. The van der Waals surface area contributed by atoms with Gasteiger partial charge in [0.15, 0.2) is 10.9 Å². The minimum Gasteiger partial charge on any atom is -0.490 e. The summed E-state index contributed by atoms with van der Waals surface area (Å²) in [7, 11) is 0. The minimum absolute atomic E-state index is 0.0551. The molecular weight excluding hydrogens is 424 g/mol. The number of carboxylic acid groups (broad SMARTS) is 1. The number of aliphatic hydroxyl groups is 1. The first kappa shape index (κ1) is 20.9. The van der Waals surface area contributed by atoms with E-state index in [4.69, 9.17) is 23.4 Å². The van der Waals surface area contributed by atoms with Gasteiger partial charge in [-0.05, 0) is 24.3 Å². The van der Waals surface area contributed by atoms with E-state index in [1.807, 2.05) is 0 Å². The van der Waals surface area contributed by atoms with Crippen LogP contribution in [0.5, 0.6) is 17.4 Å². The first-order chi connectivity index (χ1) is 15.4. The number of hydrogen-bond acceptors (Lipinski definition) is 9. The Labute approximate surface area is 178 Å². The fourth-order valence-electron chi connectivity index (χ4n) is 3.06. The van der Waals surface area contributed by atoms with Crippen molar-refractivity contribution in [2.75, 3.05) is 13.2 Å². The molecule has 0 fully saturated rings. The van der Waals surface area contributed by atoms with Crippen LogP contribution in [0, 0.1) is 0 Å². The molecule has 2 N–H and O–H groups in total. The predicted octanol–water partition coefficient (Wildman–Crippen LogP) is 2.77. The number of fused-ring (bicyclic) bond motifs is 2. The summed E-state index contributed by atoms with van der Waals surface area (Å²) >= 11 is 0. The molecule has 4 aromatic rings. The number of benzene rings is 2. The summed E-state index contributed by atoms with van der Waals surface area (Å²) in [6.07, 6.45) is -1.43. The summed E-state index contributed by atoms with van der Waals surface area (Å²) in [5, 5.41) is 19.2. The normalized spacial score (nSPS) is 11.9. The summed E-state index contributed by atoms with van der Waals surface area (Å²) < 4.78 is 26.0. The maximum atomic E-state index is 12.4. The molecule has 0 saturated heterocycles. The third-order valence-corrected chi connectivity index (χ3v) is 4.39. The average Bonchev–Trinajstić information content (AvgIpc) is 2.75. The standard InChI is InChI=1S/C22H16O10/c23-12(10-29-16-4-1-3-15-20(16)13(24)7-8-28-15)11-30-17-5-2-6-18-21(17)14(25)9-19(31-18)32-22(26)27/h1-9,12,23H,10-11H2,(H,26,27). The molecule has 0 spiro atoms. The summed E-state index contributed by atoms with van der Waals surface area (Å²) in [6.45, 7) is -0.422. The van der Waals surface area contributed by atoms with E-state index < -0.39 is 23.6 Å². The molecule has 0 radical (unpaired) electrons. The monoisotopic (exact) mass is 440 g/mol. The quantitative estimate of drug-likeness (QED) is 0.411. The van der Waals surface area contributed by atoms with Gasteiger partial charge in [-0.15, -0.1) is 0 Å². The molecule has 4 rings (SSSR count). The molecule has 32 heavy (non-hydrogen) atoms. The van der Waals surface area contributed by atoms with Crippen LogP contribution in [-0.2, 0) is 0 Å². The molecule has 0 bridgehead atoms. The van der Waals surface area contributed by atoms with Gasteiger partial charge >= 0.3 is 6.16 Å². The number of carbonyl (C=O) groups is 1. The zero-order valence-corrected chi connectivity index (χ0v) is 16.3. The van der Waals surface area contributed by atoms with E-state index in [9.17, 15) is 19.5 Å². The molecule has 2 aromatic heterocycles. The molecule has 164 valence electrons. The molecule has 10 heteroatoms. The average molecular weight is 440 g/mol. The largest absolute Gasteiger partial charge is 0.513 e. The summed E-state index contributed by atoms with van der Waals surface area (Å²) in [5.74, 6) is -0.0872. The molecule has 0 aliphatic carbocycles. The van der Waals surface area contributed by atoms with Gasteiger partial charge in [-0.1, -0.05) is 12.1 Å². The lowest BCUT2D eigenvalue weighted by atomic mass is 10.2. The Bertz CT molecular complexity index is 1400. The molecule has 0 aliphatic heterocycles. The third kappa shape index (κ3) is 4.40. The first-order valence-corrected chi connectivity index (χ1v) is 9.34. The van der Waals surface area contributed by atoms with Crippen molar-refractivity contribution < 1.29 is 38.1 Å². The zero-order valence-electron chi connectivity index (χ0n) is 16.3. The molecule has 0 amide bonds. The van der Waals surface area contributed by atoms with E-state index in [-0.39, 0.29) is 46.5 Å². The molecular formula is C22H16O10. The van der Waals surface area contributed by atoms with Crippen molar-refractivity contribution in [3.63, 3.8) is 0 Å². The number of hydrogen-bond donors (Lipinski definition) is 2. The van der Waals surface area contributed by atoms with Gasteiger partial charge in [0.05, 0.1) is 12.3 Å². The number of aliphatic hydroxyl groups excluding tert-OH is 1. The van der Waals surface area contributed by atoms with E-state index in [1.165, 1.54) is 30.5 Å². The molecule has 1 atom stereocenters. The van der Waals surface area contributed by atoms with Gasteiger partial charge in [-0.2, -0.15) is 0 Å². The molecule has 10 nitrogen and oxygen atoms in total. The lowest BCUT2D eigenvalue weighted by Crippen LogP contribution is -2.25. The highest BCUT2D eigenvalue weighted by Gasteiger charge is 2.15. The summed E-state index contributed by atoms with van der Waals surface area (Å²) in [4.78, 5) is 35.1. The van der Waals surface area contributed by atoms with Gasteiger partial charge in [0.2, 0.25) is 0 Å². The van der Waals surface area contributed by atoms with Crippen molar-refractivity contribution in [3.05, 3.63) is 75.2 Å². The second-order valence-corrected chi connectivity index (χ2v) is 6.62. The topological polar surface area (TPSA) is 146 Å². The lowest BCUT2D eigenvalue weighted by molar-refractivity contribution is 0.0636. The molecule has 2 aromatic carbocycles. The van der Waals surface area contributed by atoms with Crippen LogP contribution in [-0.4, -0.2) is 35.7 Å². The Morgan fingerprint density at radius 1 is 0.906 bits per heavy atom. The lowest BCUT2D eigenvalue weighted by Gasteiger charge is -2.15. The second kappa shape index (κ2) is 8.82. The highest BCUT2D eigenvalue weighted by atomic mass is 16.7. The second-order valence-electron chi connectivity index (χ2n) is 6.62. The van der Waals surface area contributed by atoms with Gasteiger partial charge < -0.3 is 33.3 Å². The zero-order chi connectivity index (χ0) is 22.7. The summed E-state index contributed by atoms with van der Waals surface area (Å²) in [5.41, 5.74) is -0.443. The maximum Gasteiger partial charge on any atom is 0.513 e. The predicted molar refractivity (Wildman–Crippen MR) is 111 cm³/mol. The first-order valence-electron chi connectivity index (χ1n) is 9.34. The van der Waals surface area contributed by atoms with Gasteiger partial charge in [-0.25, -0.2) is 4.79 Å². The van der Waals surface area contributed by atoms with E-state index in [1.54, 1.807) is 18.2 Å². The van der Waals surface area contributed by atoms with E-state index in [0.29, 0.717) is 5.58 Å². The molecule has 2 heterocycles. The Morgan fingerprint density at radius 2 is 1.53 bits per heavy atom. The van der Waals surface area contributed by atoms with Crippen molar-refractivity contribution >= 4 is 28.1 Å². The van der Waals surface area contributed by atoms with Crippen LogP contribution in [0.1, 0.15) is 0 Å². The highest BCUT2D eigenvalue weighted by Crippen LogP contribution is 2.26. The molecule has 0 saturated carbocycles. The van der Waals surface area contributed by atoms with Crippen LogP contribution in [0.25, 0.3) is 21.9 Å². The van der Waals surface area contributed by atoms with Crippen LogP contribution in [0.15, 0.2) is 73.2 Å². The summed E-state index contributed by atoms with van der Waals surface area (Å²) in [6, 6.07) is 11.5. The van der Waals surface area contributed by atoms with Crippen molar-refractivity contribution in [2.45, 2.75) is 6.10 Å². The van der Waals surface area contributed by atoms with E-state index in [2.05, 4.69) is 4.74 Å². The SMILES string of the molecule is O=C(O)Oc1cc(=O)c2c(OCC(O)COc3cccc4occc(=O)c34)cccc2o1. The smallest absolute Gasteiger partial charge is 0.490 e. The van der Waals surface area contributed by atoms with Gasteiger partial charge in [0, 0.05) is 6.07 Å². The van der Waals surface area contributed by atoms with E-state index >= 15 is 0 Å². The Hall–Kier alpha value is -4.31. The fraction of sp³-hybridized carbons (Fsp3) is 0.136. The van der Waals surface area contributed by atoms with Crippen molar-refractivity contribution in [1.82, 2.24) is 0 Å². The Balaban J connectivity index is 1.47. The molecule has 0 aliphatic rings. The third-order valence-electron chi connectivity index (χ3n) is 4.39. The van der Waals surface area contributed by atoms with E-state index in [0.717, 1.165) is 6.07 Å². The van der Waals surface area contributed by atoms with Gasteiger partial charge in [0.25, 0.3) is 5.95 Å². The van der Waals surface area contributed by atoms with Crippen LogP contribution in [0.4, 0.5) is 4.79 Å². The van der Waals surface area contributed by atoms with Crippen LogP contribution in [0.3, 0.4) is 0 Å². The van der Waals surface area contributed by atoms with Crippen LogP contribution in [0.2, 0.25) is 0 Å². The van der Waals surface area contributed by atoms with Crippen LogP contribution < -0.4 is 25.1 Å². The Kier molecular flexibility index (Phi) is 5.77. The maximum absolute atomic E-state index is 12.4. The number of rotatable bonds is 7. The van der Waals surface area contributed by atoms with Crippen molar-refractivity contribution in [2.24, 2.45) is 0 Å². The highest BCUT2D eigenvalue weighted by molar-refractivity contribution is 5.84. The Morgan fingerprint density at radius 3 is 2.19 bits per heavy atom. The van der Waals surface area contributed by atoms with Crippen molar-refractivity contribution in [3.8, 4) is 17.4 Å². The van der Waals surface area contributed by atoms with Crippen molar-refractivity contribution in [1.29, 1.82) is 0 Å². The van der Waals surface area contributed by atoms with Gasteiger partial charge in [0.1, 0.15) is 52.8 Å². The van der Waals surface area contributed by atoms with Gasteiger partial charge in [-0.3, -0.25) is 9.59 Å². The number of ether oxygens (including phenoxy) is 3. The minimum atomic E-state index is -1.62. The van der Waals surface area contributed by atoms with Crippen LogP contribution >= 0.6 is 0 Å².